The first kappa shape index (κ1) is 15.5. The van der Waals surface area contributed by atoms with E-state index in [0.29, 0.717) is 4.47 Å². The predicted molar refractivity (Wildman–Crippen MR) is 85.7 cm³/mol. The molecule has 0 aliphatic carbocycles. The Labute approximate surface area is 132 Å². The number of nitrogens with one attached hydrogen (secondary N) is 1. The predicted octanol–water partition coefficient (Wildman–Crippen LogP) is 5.13. The van der Waals surface area contributed by atoms with E-state index in [2.05, 4.69) is 28.2 Å². The van der Waals surface area contributed by atoms with Crippen LogP contribution in [0, 0.1) is 5.82 Å². The van der Waals surface area contributed by atoms with Crippen molar-refractivity contribution >= 4 is 27.5 Å². The van der Waals surface area contributed by atoms with Crippen molar-refractivity contribution in [1.82, 2.24) is 5.32 Å². The molecule has 1 atom stereocenters. The molecule has 0 amide bonds. The van der Waals surface area contributed by atoms with Crippen LogP contribution in [-0.4, -0.2) is 6.54 Å². The second-order valence-electron chi connectivity index (χ2n) is 4.61. The summed E-state index contributed by atoms with van der Waals surface area (Å²) in [5.41, 5.74) is 2.26. The Balaban J connectivity index is 2.21. The average Bonchev–Trinajstić information content (AvgIpc) is 2.44. The maximum absolute atomic E-state index is 13.3. The van der Waals surface area contributed by atoms with E-state index in [0.717, 1.165) is 23.6 Å². The van der Waals surface area contributed by atoms with Gasteiger partial charge in [-0.25, -0.2) is 4.39 Å². The molecule has 4 heteroatoms. The Kier molecular flexibility index (Phi) is 5.58. The van der Waals surface area contributed by atoms with Gasteiger partial charge >= 0.3 is 0 Å². The van der Waals surface area contributed by atoms with E-state index in [4.69, 9.17) is 11.6 Å². The maximum atomic E-state index is 13.3. The fraction of sp³-hybridized carbons (Fsp3) is 0.250. The van der Waals surface area contributed by atoms with Crippen LogP contribution in [0.1, 0.15) is 24.1 Å². The third-order valence-corrected chi connectivity index (χ3v) is 4.01. The molecule has 1 unspecified atom stereocenters. The molecule has 2 aromatic carbocycles. The number of halogens is 3. The molecule has 0 aliphatic rings. The quantitative estimate of drug-likeness (QED) is 0.782. The van der Waals surface area contributed by atoms with Crippen molar-refractivity contribution in [1.29, 1.82) is 0 Å². The Morgan fingerprint density at radius 1 is 1.20 bits per heavy atom. The SMILES string of the molecule is CCNC(Cc1ccc(Cl)cc1)c1ccc(F)c(Br)c1. The highest BCUT2D eigenvalue weighted by atomic mass is 79.9. The van der Waals surface area contributed by atoms with Crippen molar-refractivity contribution in [3.63, 3.8) is 0 Å². The van der Waals surface area contributed by atoms with Crippen LogP contribution in [0.4, 0.5) is 4.39 Å². The van der Waals surface area contributed by atoms with Crippen molar-refractivity contribution in [2.45, 2.75) is 19.4 Å². The molecule has 106 valence electrons. The molecule has 1 N–H and O–H groups in total. The molecule has 0 spiro atoms. The highest BCUT2D eigenvalue weighted by Gasteiger charge is 2.13. The van der Waals surface area contributed by atoms with Crippen LogP contribution < -0.4 is 5.32 Å². The van der Waals surface area contributed by atoms with Crippen LogP contribution in [0.5, 0.6) is 0 Å². The highest BCUT2D eigenvalue weighted by Crippen LogP contribution is 2.24. The number of hydrogen-bond donors (Lipinski definition) is 1. The van der Waals surface area contributed by atoms with E-state index in [9.17, 15) is 4.39 Å². The van der Waals surface area contributed by atoms with Gasteiger partial charge in [0, 0.05) is 11.1 Å². The summed E-state index contributed by atoms with van der Waals surface area (Å²) in [6.07, 6.45) is 0.836. The van der Waals surface area contributed by atoms with Crippen molar-refractivity contribution in [3.8, 4) is 0 Å². The molecule has 0 fully saturated rings. The van der Waals surface area contributed by atoms with Crippen LogP contribution in [0.15, 0.2) is 46.9 Å². The maximum Gasteiger partial charge on any atom is 0.137 e. The lowest BCUT2D eigenvalue weighted by Crippen LogP contribution is -2.23. The second kappa shape index (κ2) is 7.21. The normalized spacial score (nSPS) is 12.4. The summed E-state index contributed by atoms with van der Waals surface area (Å²) in [4.78, 5) is 0. The van der Waals surface area contributed by atoms with Gasteiger partial charge in [-0.1, -0.05) is 36.7 Å². The van der Waals surface area contributed by atoms with E-state index >= 15 is 0 Å². The minimum atomic E-state index is -0.240. The third-order valence-electron chi connectivity index (χ3n) is 3.15. The minimum Gasteiger partial charge on any atom is -0.310 e. The van der Waals surface area contributed by atoms with E-state index in [1.807, 2.05) is 36.4 Å². The van der Waals surface area contributed by atoms with Gasteiger partial charge in [-0.05, 0) is 64.3 Å². The zero-order valence-corrected chi connectivity index (χ0v) is 13.5. The molecule has 2 aromatic rings. The molecule has 20 heavy (non-hydrogen) atoms. The zero-order valence-electron chi connectivity index (χ0n) is 11.2. The van der Waals surface area contributed by atoms with Crippen LogP contribution in [0.3, 0.4) is 0 Å². The Bertz CT molecular complexity index is 571. The molecule has 0 saturated carbocycles. The number of likely N-dealkylation sites (N-methyl/N-ethyl adjacent to an activating group) is 1. The zero-order chi connectivity index (χ0) is 14.5. The first-order valence-electron chi connectivity index (χ1n) is 6.53. The summed E-state index contributed by atoms with van der Waals surface area (Å²) < 4.78 is 13.8. The molecule has 0 heterocycles. The van der Waals surface area contributed by atoms with Crippen LogP contribution in [0.2, 0.25) is 5.02 Å². The standard InChI is InChI=1S/C16H16BrClFN/c1-2-20-16(9-11-3-6-13(18)7-4-11)12-5-8-15(19)14(17)10-12/h3-8,10,16,20H,2,9H2,1H3. The van der Waals surface area contributed by atoms with Crippen LogP contribution in [-0.2, 0) is 6.42 Å². The van der Waals surface area contributed by atoms with Gasteiger partial charge in [0.1, 0.15) is 5.82 Å². The summed E-state index contributed by atoms with van der Waals surface area (Å²) in [6, 6.07) is 13.1. The molecule has 0 saturated heterocycles. The molecular formula is C16H16BrClFN. The lowest BCUT2D eigenvalue weighted by molar-refractivity contribution is 0.546. The van der Waals surface area contributed by atoms with Crippen molar-refractivity contribution in [3.05, 3.63) is 68.9 Å². The largest absolute Gasteiger partial charge is 0.310 e. The summed E-state index contributed by atoms with van der Waals surface area (Å²) in [7, 11) is 0. The van der Waals surface area contributed by atoms with Crippen LogP contribution in [0.25, 0.3) is 0 Å². The van der Waals surface area contributed by atoms with Gasteiger partial charge in [0.2, 0.25) is 0 Å². The summed E-state index contributed by atoms with van der Waals surface area (Å²) in [5.74, 6) is -0.240. The minimum absolute atomic E-state index is 0.151. The second-order valence-corrected chi connectivity index (χ2v) is 5.91. The van der Waals surface area contributed by atoms with Gasteiger partial charge in [-0.2, -0.15) is 0 Å². The van der Waals surface area contributed by atoms with Gasteiger partial charge in [0.05, 0.1) is 4.47 Å². The topological polar surface area (TPSA) is 12.0 Å². The molecule has 0 aliphatic heterocycles. The van der Waals surface area contributed by atoms with Gasteiger partial charge in [-0.3, -0.25) is 0 Å². The fourth-order valence-electron chi connectivity index (χ4n) is 2.14. The summed E-state index contributed by atoms with van der Waals surface area (Å²) in [5, 5.41) is 4.17. The first-order chi connectivity index (χ1) is 9.60. The van der Waals surface area contributed by atoms with E-state index in [1.165, 1.54) is 11.6 Å². The molecule has 0 radical (unpaired) electrons. The summed E-state index contributed by atoms with van der Waals surface area (Å²) >= 11 is 9.14. The summed E-state index contributed by atoms with van der Waals surface area (Å²) in [6.45, 7) is 2.92. The number of hydrogen-bond acceptors (Lipinski definition) is 1. The number of benzene rings is 2. The molecular weight excluding hydrogens is 341 g/mol. The van der Waals surface area contributed by atoms with Crippen molar-refractivity contribution in [2.24, 2.45) is 0 Å². The number of rotatable bonds is 5. The first-order valence-corrected chi connectivity index (χ1v) is 7.70. The van der Waals surface area contributed by atoms with Crippen LogP contribution >= 0.6 is 27.5 Å². The molecule has 2 rings (SSSR count). The third kappa shape index (κ3) is 4.05. The van der Waals surface area contributed by atoms with E-state index in [-0.39, 0.29) is 11.9 Å². The Hall–Kier alpha value is -0.900. The average molecular weight is 357 g/mol. The molecule has 0 aromatic heterocycles. The lowest BCUT2D eigenvalue weighted by atomic mass is 9.99. The van der Waals surface area contributed by atoms with Crippen molar-refractivity contribution < 1.29 is 4.39 Å². The van der Waals surface area contributed by atoms with Crippen molar-refractivity contribution in [2.75, 3.05) is 6.54 Å². The highest BCUT2D eigenvalue weighted by molar-refractivity contribution is 9.10. The smallest absolute Gasteiger partial charge is 0.137 e. The fourth-order valence-corrected chi connectivity index (χ4v) is 2.66. The Morgan fingerprint density at radius 2 is 1.90 bits per heavy atom. The van der Waals surface area contributed by atoms with E-state index in [1.54, 1.807) is 0 Å². The van der Waals surface area contributed by atoms with E-state index < -0.39 is 0 Å². The van der Waals surface area contributed by atoms with Gasteiger partial charge in [0.25, 0.3) is 0 Å². The Morgan fingerprint density at radius 3 is 2.50 bits per heavy atom. The molecule has 0 bridgehead atoms. The monoisotopic (exact) mass is 355 g/mol. The van der Waals surface area contributed by atoms with Gasteiger partial charge < -0.3 is 5.32 Å². The lowest BCUT2D eigenvalue weighted by Gasteiger charge is -2.19. The van der Waals surface area contributed by atoms with Gasteiger partial charge in [-0.15, -0.1) is 0 Å². The molecule has 1 nitrogen and oxygen atoms in total. The van der Waals surface area contributed by atoms with Gasteiger partial charge in [0.15, 0.2) is 0 Å².